The van der Waals surface area contributed by atoms with E-state index in [-0.39, 0.29) is 11.7 Å². The van der Waals surface area contributed by atoms with Crippen molar-refractivity contribution in [1.82, 2.24) is 19.3 Å². The Hall–Kier alpha value is -2.84. The predicted octanol–water partition coefficient (Wildman–Crippen LogP) is 6.32. The molecular formula is C23H20ClFN4O2S. The van der Waals surface area contributed by atoms with Crippen LogP contribution in [0.1, 0.15) is 54.7 Å². The zero-order valence-corrected chi connectivity index (χ0v) is 19.0. The molecule has 0 radical (unpaired) electrons. The summed E-state index contributed by atoms with van der Waals surface area (Å²) in [6, 6.07) is 8.53. The first-order chi connectivity index (χ1) is 15.3. The lowest BCUT2D eigenvalue weighted by molar-refractivity contribution is 0.0689. The summed E-state index contributed by atoms with van der Waals surface area (Å²) in [6.45, 7) is 4.01. The smallest absolute Gasteiger partial charge is 0.354 e. The van der Waals surface area contributed by atoms with Crippen LogP contribution in [-0.4, -0.2) is 30.4 Å². The van der Waals surface area contributed by atoms with Gasteiger partial charge < -0.3 is 5.11 Å². The average molecular weight is 471 g/mol. The summed E-state index contributed by atoms with van der Waals surface area (Å²) in [6.07, 6.45) is 5.51. The highest BCUT2D eigenvalue weighted by Crippen LogP contribution is 2.49. The number of aromatic nitrogens is 4. The molecule has 1 aliphatic rings. The van der Waals surface area contributed by atoms with Crippen LogP contribution in [0.5, 0.6) is 0 Å². The van der Waals surface area contributed by atoms with E-state index in [1.165, 1.54) is 10.6 Å². The van der Waals surface area contributed by atoms with E-state index in [1.54, 1.807) is 29.1 Å². The van der Waals surface area contributed by atoms with E-state index in [0.29, 0.717) is 32.1 Å². The monoisotopic (exact) mass is 470 g/mol. The molecule has 0 spiro atoms. The number of pyridine rings is 1. The molecule has 9 heteroatoms. The van der Waals surface area contributed by atoms with Crippen LogP contribution in [0.4, 0.5) is 4.39 Å². The quantitative estimate of drug-likeness (QED) is 0.357. The highest BCUT2D eigenvalue weighted by molar-refractivity contribution is 7.99. The van der Waals surface area contributed by atoms with Crippen LogP contribution in [0.3, 0.4) is 0 Å². The van der Waals surface area contributed by atoms with E-state index in [2.05, 4.69) is 10.1 Å². The van der Waals surface area contributed by atoms with Crippen molar-refractivity contribution in [3.8, 4) is 5.69 Å². The minimum Gasteiger partial charge on any atom is -0.477 e. The Morgan fingerprint density at radius 2 is 2.09 bits per heavy atom. The summed E-state index contributed by atoms with van der Waals surface area (Å²) in [4.78, 5) is 15.9. The maximum Gasteiger partial charge on any atom is 0.354 e. The van der Waals surface area contributed by atoms with Crippen molar-refractivity contribution in [1.29, 1.82) is 0 Å². The first kappa shape index (κ1) is 21.0. The lowest BCUT2D eigenvalue weighted by atomic mass is 10.1. The van der Waals surface area contributed by atoms with Gasteiger partial charge in [0, 0.05) is 22.6 Å². The van der Waals surface area contributed by atoms with Gasteiger partial charge in [0.05, 0.1) is 22.3 Å². The highest BCUT2D eigenvalue weighted by atomic mass is 35.5. The lowest BCUT2D eigenvalue weighted by Crippen LogP contribution is -2.01. The summed E-state index contributed by atoms with van der Waals surface area (Å²) >= 11 is 7.58. The van der Waals surface area contributed by atoms with Crippen LogP contribution >= 0.6 is 23.4 Å². The second kappa shape index (κ2) is 7.94. The largest absolute Gasteiger partial charge is 0.477 e. The Labute approximate surface area is 193 Å². The van der Waals surface area contributed by atoms with Crippen molar-refractivity contribution in [3.63, 3.8) is 0 Å². The number of rotatable bonds is 6. The van der Waals surface area contributed by atoms with Crippen molar-refractivity contribution in [3.05, 3.63) is 65.0 Å². The number of aromatic carboxylic acids is 1. The van der Waals surface area contributed by atoms with Gasteiger partial charge >= 0.3 is 5.97 Å². The summed E-state index contributed by atoms with van der Waals surface area (Å²) in [5.74, 6) is -1.23. The fourth-order valence-corrected chi connectivity index (χ4v) is 5.05. The first-order valence-electron chi connectivity index (χ1n) is 10.3. The van der Waals surface area contributed by atoms with Crippen molar-refractivity contribution in [2.24, 2.45) is 0 Å². The van der Waals surface area contributed by atoms with Gasteiger partial charge in [-0.15, -0.1) is 0 Å². The van der Waals surface area contributed by atoms with Crippen molar-refractivity contribution < 1.29 is 14.3 Å². The van der Waals surface area contributed by atoms with Gasteiger partial charge in [-0.1, -0.05) is 29.4 Å². The molecular weight excluding hydrogens is 451 g/mol. The fraction of sp³-hybridized carbons (Fsp3) is 0.261. The highest BCUT2D eigenvalue weighted by Gasteiger charge is 2.31. The zero-order chi connectivity index (χ0) is 22.6. The average Bonchev–Trinajstić information content (AvgIpc) is 3.42. The molecule has 0 atom stereocenters. The van der Waals surface area contributed by atoms with E-state index in [4.69, 9.17) is 11.6 Å². The normalized spacial score (nSPS) is 13.9. The van der Waals surface area contributed by atoms with E-state index >= 15 is 4.39 Å². The third-order valence-corrected chi connectivity index (χ3v) is 6.74. The van der Waals surface area contributed by atoms with Gasteiger partial charge in [0.15, 0.2) is 0 Å². The molecule has 0 aliphatic heterocycles. The van der Waals surface area contributed by atoms with E-state index < -0.39 is 11.9 Å². The molecule has 1 N–H and O–H groups in total. The van der Waals surface area contributed by atoms with Gasteiger partial charge in [-0.05, 0) is 62.4 Å². The van der Waals surface area contributed by atoms with Crippen LogP contribution in [0.2, 0.25) is 5.02 Å². The summed E-state index contributed by atoms with van der Waals surface area (Å²) in [5.41, 5.74) is 2.20. The minimum atomic E-state index is -1.12. The third kappa shape index (κ3) is 3.67. The number of hydrogen-bond acceptors (Lipinski definition) is 4. The Morgan fingerprint density at radius 1 is 1.31 bits per heavy atom. The molecule has 1 saturated carbocycles. The molecule has 4 aromatic rings. The molecule has 0 bridgehead atoms. The minimum absolute atomic E-state index is 0.0807. The molecule has 0 amide bonds. The van der Waals surface area contributed by atoms with Crippen LogP contribution in [-0.2, 0) is 0 Å². The molecule has 5 rings (SSSR count). The van der Waals surface area contributed by atoms with Gasteiger partial charge in [-0.3, -0.25) is 9.25 Å². The lowest BCUT2D eigenvalue weighted by Gasteiger charge is -2.07. The van der Waals surface area contributed by atoms with Gasteiger partial charge in [0.1, 0.15) is 10.7 Å². The molecule has 1 fully saturated rings. The van der Waals surface area contributed by atoms with Crippen LogP contribution in [0.25, 0.3) is 16.6 Å². The maximum atomic E-state index is 16.0. The van der Waals surface area contributed by atoms with Crippen molar-refractivity contribution >= 4 is 40.2 Å². The standard InChI is InChI=1S/C23H20ClFN4O2S/c1-12(2)28-11-15(10-26-28)29-18-9-14(24)8-16(13-6-7-13)20(18)21(22(29)25)32-19-5-3-4-17(27-19)23(30)31/h3-5,8-13H,6-7H2,1-2H3,(H,30,31). The van der Waals surface area contributed by atoms with E-state index in [0.717, 1.165) is 35.6 Å². The van der Waals surface area contributed by atoms with Crippen LogP contribution in [0.15, 0.2) is 52.6 Å². The number of carboxylic acid groups (broad SMARTS) is 1. The van der Waals surface area contributed by atoms with Gasteiger partial charge in [0.2, 0.25) is 5.95 Å². The van der Waals surface area contributed by atoms with E-state index in [9.17, 15) is 9.90 Å². The molecule has 1 aliphatic carbocycles. The number of carboxylic acids is 1. The molecule has 1 aromatic carbocycles. The Balaban J connectivity index is 1.74. The Bertz CT molecular complexity index is 1360. The summed E-state index contributed by atoms with van der Waals surface area (Å²) in [5, 5.41) is 15.4. The second-order valence-corrected chi connectivity index (χ2v) is 9.63. The topological polar surface area (TPSA) is 72.9 Å². The first-order valence-corrected chi connectivity index (χ1v) is 11.5. The molecule has 164 valence electrons. The number of halogens is 2. The maximum absolute atomic E-state index is 16.0. The molecule has 0 saturated heterocycles. The molecule has 32 heavy (non-hydrogen) atoms. The number of fused-ring (bicyclic) bond motifs is 1. The third-order valence-electron chi connectivity index (χ3n) is 5.51. The Morgan fingerprint density at radius 3 is 2.75 bits per heavy atom. The number of benzene rings is 1. The van der Waals surface area contributed by atoms with Crippen LogP contribution < -0.4 is 0 Å². The van der Waals surface area contributed by atoms with E-state index in [1.807, 2.05) is 26.1 Å². The Kier molecular flexibility index (Phi) is 5.22. The summed E-state index contributed by atoms with van der Waals surface area (Å²) in [7, 11) is 0. The van der Waals surface area contributed by atoms with Crippen molar-refractivity contribution in [2.45, 2.75) is 48.6 Å². The molecule has 3 aromatic heterocycles. The number of hydrogen-bond donors (Lipinski definition) is 1. The van der Waals surface area contributed by atoms with Crippen LogP contribution in [0, 0.1) is 5.95 Å². The van der Waals surface area contributed by atoms with Crippen molar-refractivity contribution in [2.75, 3.05) is 0 Å². The predicted molar refractivity (Wildman–Crippen MR) is 122 cm³/mol. The molecule has 0 unspecified atom stereocenters. The molecule has 6 nitrogen and oxygen atoms in total. The number of carbonyl (C=O) groups is 1. The zero-order valence-electron chi connectivity index (χ0n) is 17.4. The number of nitrogens with zero attached hydrogens (tertiary/aromatic N) is 4. The fourth-order valence-electron chi connectivity index (χ4n) is 3.83. The molecule has 3 heterocycles. The van der Waals surface area contributed by atoms with Gasteiger partial charge in [-0.2, -0.15) is 9.49 Å². The summed E-state index contributed by atoms with van der Waals surface area (Å²) < 4.78 is 19.3. The van der Waals surface area contributed by atoms with Gasteiger partial charge in [0.25, 0.3) is 0 Å². The van der Waals surface area contributed by atoms with Gasteiger partial charge in [-0.25, -0.2) is 9.78 Å². The SMILES string of the molecule is CC(C)n1cc(-n2c(F)c(Sc3cccc(C(=O)O)n3)c3c(C4CC4)cc(Cl)cc32)cn1. The second-order valence-electron chi connectivity index (χ2n) is 8.16.